The molecule has 0 bridgehead atoms. The average Bonchev–Trinajstić information content (AvgIpc) is 2.88. The molecule has 37 heavy (non-hydrogen) atoms. The van der Waals surface area contributed by atoms with Gasteiger partial charge in [0, 0.05) is 26.2 Å². The molecule has 0 spiro atoms. The Labute approximate surface area is 214 Å². The Morgan fingerprint density at radius 1 is 0.649 bits per heavy atom. The largest absolute Gasteiger partial charge is 0.415 e. The van der Waals surface area contributed by atoms with Crippen LogP contribution in [0, 0.1) is 0 Å². The standard InChI is InChI=1S/C28H34F6N2O/c29-27(30,31)25(19-35-15-7-13-23(17-35)21-9-3-1-4-10-21)37-26(28(32,33)34)20-36-16-8-14-24(18-36)22-11-5-2-6-12-22/h1-6,9-12,23-26H,7-8,13-20H2/t23-,24-,25+,26+/m0/s1. The number of rotatable bonds is 8. The molecular weight excluding hydrogens is 494 g/mol. The summed E-state index contributed by atoms with van der Waals surface area (Å²) in [5.41, 5.74) is 2.06. The van der Waals surface area contributed by atoms with Gasteiger partial charge in [0.2, 0.25) is 0 Å². The third-order valence-electron chi connectivity index (χ3n) is 7.46. The van der Waals surface area contributed by atoms with Crippen LogP contribution in [0.5, 0.6) is 0 Å². The molecule has 2 saturated heterocycles. The molecule has 2 fully saturated rings. The smallest absolute Gasteiger partial charge is 0.353 e. The van der Waals surface area contributed by atoms with Crippen LogP contribution in [-0.2, 0) is 4.74 Å². The van der Waals surface area contributed by atoms with Crippen molar-refractivity contribution in [2.45, 2.75) is 62.1 Å². The number of hydrogen-bond acceptors (Lipinski definition) is 3. The number of hydrogen-bond donors (Lipinski definition) is 0. The van der Waals surface area contributed by atoms with Crippen LogP contribution in [0.25, 0.3) is 0 Å². The van der Waals surface area contributed by atoms with Gasteiger partial charge in [0.05, 0.1) is 0 Å². The van der Waals surface area contributed by atoms with Gasteiger partial charge in [0.1, 0.15) is 0 Å². The lowest BCUT2D eigenvalue weighted by molar-refractivity contribution is -0.290. The molecule has 2 aromatic carbocycles. The number of alkyl halides is 6. The van der Waals surface area contributed by atoms with E-state index < -0.39 is 37.7 Å². The van der Waals surface area contributed by atoms with E-state index in [0.717, 1.165) is 24.0 Å². The van der Waals surface area contributed by atoms with Crippen LogP contribution >= 0.6 is 0 Å². The van der Waals surface area contributed by atoms with Gasteiger partial charge in [-0.2, -0.15) is 26.3 Å². The fourth-order valence-electron chi connectivity index (χ4n) is 5.55. The van der Waals surface area contributed by atoms with Crippen LogP contribution in [-0.4, -0.2) is 73.6 Å². The molecule has 0 radical (unpaired) electrons. The lowest BCUT2D eigenvalue weighted by Gasteiger charge is -2.39. The van der Waals surface area contributed by atoms with Crippen molar-refractivity contribution in [1.82, 2.24) is 9.80 Å². The molecule has 2 heterocycles. The summed E-state index contributed by atoms with van der Waals surface area (Å²) >= 11 is 0. The van der Waals surface area contributed by atoms with E-state index >= 15 is 0 Å². The first-order valence-electron chi connectivity index (χ1n) is 12.9. The van der Waals surface area contributed by atoms with Gasteiger partial charge in [-0.25, -0.2) is 0 Å². The Balaban J connectivity index is 1.42. The fraction of sp³-hybridized carbons (Fsp3) is 0.571. The summed E-state index contributed by atoms with van der Waals surface area (Å²) in [5.74, 6) is 0.0935. The Bertz CT molecular complexity index is 875. The summed E-state index contributed by atoms with van der Waals surface area (Å²) < 4.78 is 88.8. The average molecular weight is 529 g/mol. The van der Waals surface area contributed by atoms with Gasteiger partial charge in [0.15, 0.2) is 12.2 Å². The normalized spacial score (nSPS) is 24.1. The second-order valence-corrected chi connectivity index (χ2v) is 10.2. The van der Waals surface area contributed by atoms with Gasteiger partial charge < -0.3 is 4.74 Å². The van der Waals surface area contributed by atoms with Gasteiger partial charge in [0.25, 0.3) is 0 Å². The van der Waals surface area contributed by atoms with Crippen molar-refractivity contribution >= 4 is 0 Å². The monoisotopic (exact) mass is 528 g/mol. The van der Waals surface area contributed by atoms with Crippen LogP contribution in [0.2, 0.25) is 0 Å². The van der Waals surface area contributed by atoms with Gasteiger partial charge in [-0.1, -0.05) is 60.7 Å². The van der Waals surface area contributed by atoms with Gasteiger partial charge in [-0.15, -0.1) is 0 Å². The van der Waals surface area contributed by atoms with Crippen LogP contribution in [0.4, 0.5) is 26.3 Å². The minimum Gasteiger partial charge on any atom is -0.353 e. The number of likely N-dealkylation sites (tertiary alicyclic amines) is 2. The molecule has 2 aromatic rings. The molecular formula is C28H34F6N2O. The highest BCUT2D eigenvalue weighted by atomic mass is 19.4. The second kappa shape index (κ2) is 12.2. The topological polar surface area (TPSA) is 15.7 Å². The third-order valence-corrected chi connectivity index (χ3v) is 7.46. The summed E-state index contributed by atoms with van der Waals surface area (Å²) in [6.45, 7) is 0.322. The molecule has 0 aromatic heterocycles. The number of ether oxygens (including phenoxy) is 1. The number of nitrogens with zero attached hydrogens (tertiary/aromatic N) is 2. The maximum absolute atomic E-state index is 14.0. The van der Waals surface area contributed by atoms with Crippen molar-refractivity contribution in [2.24, 2.45) is 0 Å². The summed E-state index contributed by atoms with van der Waals surface area (Å²) in [5, 5.41) is 0. The summed E-state index contributed by atoms with van der Waals surface area (Å²) in [6, 6.07) is 19.0. The fourth-order valence-corrected chi connectivity index (χ4v) is 5.55. The van der Waals surface area contributed by atoms with E-state index in [1.54, 1.807) is 9.80 Å². The van der Waals surface area contributed by atoms with Crippen molar-refractivity contribution in [3.8, 4) is 0 Å². The first kappa shape index (κ1) is 27.9. The molecule has 4 atom stereocenters. The van der Waals surface area contributed by atoms with E-state index in [9.17, 15) is 26.3 Å². The zero-order valence-corrected chi connectivity index (χ0v) is 20.7. The van der Waals surface area contributed by atoms with Crippen LogP contribution in [0.1, 0.15) is 48.6 Å². The molecule has 0 N–H and O–H groups in total. The Morgan fingerprint density at radius 3 is 1.38 bits per heavy atom. The van der Waals surface area contributed by atoms with Crippen molar-refractivity contribution in [3.05, 3.63) is 71.8 Å². The van der Waals surface area contributed by atoms with Gasteiger partial charge in [-0.05, 0) is 61.7 Å². The van der Waals surface area contributed by atoms with Crippen LogP contribution < -0.4 is 0 Å². The maximum atomic E-state index is 14.0. The van der Waals surface area contributed by atoms with E-state index in [0.29, 0.717) is 39.0 Å². The van der Waals surface area contributed by atoms with E-state index in [2.05, 4.69) is 0 Å². The minimum atomic E-state index is -4.91. The lowest BCUT2D eigenvalue weighted by Crippen LogP contribution is -2.52. The predicted octanol–water partition coefficient (Wildman–Crippen LogP) is 6.62. The number of benzene rings is 2. The highest BCUT2D eigenvalue weighted by Gasteiger charge is 2.50. The first-order valence-corrected chi connectivity index (χ1v) is 12.9. The molecule has 204 valence electrons. The quantitative estimate of drug-likeness (QED) is 0.358. The molecule has 0 aliphatic carbocycles. The van der Waals surface area contributed by atoms with Crippen LogP contribution in [0.15, 0.2) is 60.7 Å². The molecule has 9 heteroatoms. The zero-order valence-electron chi connectivity index (χ0n) is 20.7. The predicted molar refractivity (Wildman–Crippen MR) is 130 cm³/mol. The molecule has 0 amide bonds. The third kappa shape index (κ3) is 7.94. The minimum absolute atomic E-state index is 0.0468. The maximum Gasteiger partial charge on any atom is 0.415 e. The summed E-state index contributed by atoms with van der Waals surface area (Å²) in [4.78, 5) is 3.19. The first-order chi connectivity index (χ1) is 17.6. The summed E-state index contributed by atoms with van der Waals surface area (Å²) in [7, 11) is 0. The molecule has 2 aliphatic heterocycles. The van der Waals surface area contributed by atoms with Crippen molar-refractivity contribution in [2.75, 3.05) is 39.3 Å². The van der Waals surface area contributed by atoms with Crippen molar-refractivity contribution in [3.63, 3.8) is 0 Å². The second-order valence-electron chi connectivity index (χ2n) is 10.2. The van der Waals surface area contributed by atoms with E-state index in [4.69, 9.17) is 4.74 Å². The van der Waals surface area contributed by atoms with Gasteiger partial charge >= 0.3 is 12.4 Å². The zero-order chi connectivity index (χ0) is 26.5. The summed E-state index contributed by atoms with van der Waals surface area (Å²) in [6.07, 6.45) is -11.8. The molecule has 2 aliphatic rings. The van der Waals surface area contributed by atoms with Crippen molar-refractivity contribution < 1.29 is 31.1 Å². The van der Waals surface area contributed by atoms with Crippen molar-refractivity contribution in [1.29, 1.82) is 0 Å². The van der Waals surface area contributed by atoms with Gasteiger partial charge in [-0.3, -0.25) is 9.80 Å². The van der Waals surface area contributed by atoms with E-state index in [1.165, 1.54) is 0 Å². The Hall–Kier alpha value is -2.10. The lowest BCUT2D eigenvalue weighted by atomic mass is 9.90. The van der Waals surface area contributed by atoms with Crippen LogP contribution in [0.3, 0.4) is 0 Å². The molecule has 4 rings (SSSR count). The van der Waals surface area contributed by atoms with E-state index in [-0.39, 0.29) is 11.8 Å². The molecule has 0 unspecified atom stereocenters. The number of halogens is 6. The molecule has 0 saturated carbocycles. The van der Waals surface area contributed by atoms with E-state index in [1.807, 2.05) is 60.7 Å². The Kier molecular flexibility index (Phi) is 9.19. The highest BCUT2D eigenvalue weighted by Crippen LogP contribution is 2.34. The molecule has 3 nitrogen and oxygen atoms in total. The Morgan fingerprint density at radius 2 is 1.03 bits per heavy atom. The highest BCUT2D eigenvalue weighted by molar-refractivity contribution is 5.21. The number of piperidine rings is 2. The SMILES string of the molecule is FC(F)(F)[C@@H](CN1CCC[C@H](c2ccccc2)C1)O[C@H](CN1CCC[C@H](c2ccccc2)C1)C(F)(F)F.